The van der Waals surface area contributed by atoms with Crippen molar-refractivity contribution >= 4 is 5.91 Å². The van der Waals surface area contributed by atoms with E-state index >= 15 is 0 Å². The molecule has 28 heavy (non-hydrogen) atoms. The number of carbonyl (C=O) groups excluding carboxylic acids is 1. The molecular formula is C21H23F3N2O2. The number of para-hydroxylation sites is 1. The molecule has 1 saturated heterocycles. The molecule has 2 aromatic rings. The number of carbonyl (C=O) groups is 1. The molecule has 1 unspecified atom stereocenters. The van der Waals surface area contributed by atoms with Gasteiger partial charge in [-0.1, -0.05) is 18.2 Å². The Morgan fingerprint density at radius 1 is 1.11 bits per heavy atom. The van der Waals surface area contributed by atoms with Crippen molar-refractivity contribution in [1.29, 1.82) is 0 Å². The number of alkyl halides is 3. The number of amides is 1. The van der Waals surface area contributed by atoms with Crippen LogP contribution < -0.4 is 10.1 Å². The number of hydrogen-bond acceptors (Lipinski definition) is 3. The molecule has 0 radical (unpaired) electrons. The maximum Gasteiger partial charge on any atom is 0.416 e. The number of hydrogen-bond donors (Lipinski definition) is 1. The molecule has 1 aliphatic rings. The van der Waals surface area contributed by atoms with Crippen molar-refractivity contribution in [3.8, 4) is 5.75 Å². The van der Waals surface area contributed by atoms with Crippen molar-refractivity contribution in [2.45, 2.75) is 25.1 Å². The summed E-state index contributed by atoms with van der Waals surface area (Å²) in [5.41, 5.74) is 0.417. The predicted molar refractivity (Wildman–Crippen MR) is 100 cm³/mol. The summed E-state index contributed by atoms with van der Waals surface area (Å²) < 4.78 is 43.5. The summed E-state index contributed by atoms with van der Waals surface area (Å²) in [5, 5.41) is 2.87. The fourth-order valence-corrected chi connectivity index (χ4v) is 3.53. The Morgan fingerprint density at radius 2 is 1.75 bits per heavy atom. The smallest absolute Gasteiger partial charge is 0.416 e. The van der Waals surface area contributed by atoms with Crippen molar-refractivity contribution < 1.29 is 22.7 Å². The second-order valence-corrected chi connectivity index (χ2v) is 6.79. The van der Waals surface area contributed by atoms with Gasteiger partial charge < -0.3 is 10.1 Å². The molecule has 4 nitrogen and oxygen atoms in total. The van der Waals surface area contributed by atoms with E-state index in [4.69, 9.17) is 4.74 Å². The Kier molecular flexibility index (Phi) is 6.24. The van der Waals surface area contributed by atoms with E-state index in [0.29, 0.717) is 6.54 Å². The molecule has 7 heteroatoms. The minimum Gasteiger partial charge on any atom is -0.496 e. The van der Waals surface area contributed by atoms with E-state index in [9.17, 15) is 18.0 Å². The molecule has 0 saturated carbocycles. The summed E-state index contributed by atoms with van der Waals surface area (Å²) in [7, 11) is 1.61. The van der Waals surface area contributed by atoms with Gasteiger partial charge in [-0.2, -0.15) is 13.2 Å². The standard InChI is InChI=1S/C21H23F3N2O2/c1-28-19-7-3-2-6-17(19)18(26-12-4-5-13-26)14-25-20(27)15-8-10-16(11-9-15)21(22,23)24/h2-3,6-11,18H,4-5,12-14H2,1H3,(H,25,27). The molecule has 1 fully saturated rings. The molecule has 150 valence electrons. The quantitative estimate of drug-likeness (QED) is 0.798. The fourth-order valence-electron chi connectivity index (χ4n) is 3.53. The van der Waals surface area contributed by atoms with E-state index in [-0.39, 0.29) is 11.6 Å². The Morgan fingerprint density at radius 3 is 2.36 bits per heavy atom. The SMILES string of the molecule is COc1ccccc1C(CNC(=O)c1ccc(C(F)(F)F)cc1)N1CCCC1. The summed E-state index contributed by atoms with van der Waals surface area (Å²) in [5.74, 6) is 0.357. The summed E-state index contributed by atoms with van der Waals surface area (Å²) >= 11 is 0. The van der Waals surface area contributed by atoms with Crippen LogP contribution in [0.15, 0.2) is 48.5 Å². The molecule has 0 aromatic heterocycles. The van der Waals surface area contributed by atoms with Crippen molar-refractivity contribution in [2.75, 3.05) is 26.7 Å². The van der Waals surface area contributed by atoms with Crippen LogP contribution >= 0.6 is 0 Å². The Hall–Kier alpha value is -2.54. The van der Waals surface area contributed by atoms with Crippen LogP contribution in [0.25, 0.3) is 0 Å². The summed E-state index contributed by atoms with van der Waals surface area (Å²) in [6.45, 7) is 2.21. The topological polar surface area (TPSA) is 41.6 Å². The van der Waals surface area contributed by atoms with Gasteiger partial charge in [0, 0.05) is 17.7 Å². The first-order valence-corrected chi connectivity index (χ1v) is 9.22. The van der Waals surface area contributed by atoms with E-state index < -0.39 is 17.6 Å². The average Bonchev–Trinajstić information content (AvgIpc) is 3.22. The van der Waals surface area contributed by atoms with Gasteiger partial charge in [-0.3, -0.25) is 9.69 Å². The van der Waals surface area contributed by atoms with Crippen LogP contribution in [0, 0.1) is 0 Å². The van der Waals surface area contributed by atoms with Crippen LogP contribution in [0.3, 0.4) is 0 Å². The van der Waals surface area contributed by atoms with E-state index in [1.807, 2.05) is 24.3 Å². The Balaban J connectivity index is 1.74. The van der Waals surface area contributed by atoms with Crippen molar-refractivity contribution in [3.63, 3.8) is 0 Å². The Bertz CT molecular complexity index is 800. The number of halogens is 3. The van der Waals surface area contributed by atoms with Crippen molar-refractivity contribution in [2.24, 2.45) is 0 Å². The second-order valence-electron chi connectivity index (χ2n) is 6.79. The lowest BCUT2D eigenvalue weighted by Crippen LogP contribution is -2.37. The maximum absolute atomic E-state index is 12.7. The van der Waals surface area contributed by atoms with E-state index in [0.717, 1.165) is 49.4 Å². The number of rotatable bonds is 6. The van der Waals surface area contributed by atoms with Gasteiger partial charge in [-0.15, -0.1) is 0 Å². The fraction of sp³-hybridized carbons (Fsp3) is 0.381. The molecule has 1 amide bonds. The van der Waals surface area contributed by atoms with Crippen molar-refractivity contribution in [1.82, 2.24) is 10.2 Å². The summed E-state index contributed by atoms with van der Waals surface area (Å²) in [6, 6.07) is 11.9. The number of likely N-dealkylation sites (tertiary alicyclic amines) is 1. The first-order chi connectivity index (χ1) is 13.4. The normalized spacial score (nSPS) is 16.0. The third-order valence-electron chi connectivity index (χ3n) is 5.01. The summed E-state index contributed by atoms with van der Waals surface area (Å²) in [4.78, 5) is 14.8. The lowest BCUT2D eigenvalue weighted by atomic mass is 10.0. The molecule has 0 aliphatic carbocycles. The molecule has 1 heterocycles. The first-order valence-electron chi connectivity index (χ1n) is 9.22. The molecular weight excluding hydrogens is 369 g/mol. The predicted octanol–water partition coefficient (Wildman–Crippen LogP) is 4.28. The van der Waals surface area contributed by atoms with Crippen LogP contribution in [-0.4, -0.2) is 37.6 Å². The van der Waals surface area contributed by atoms with Gasteiger partial charge in [0.25, 0.3) is 5.91 Å². The highest BCUT2D eigenvalue weighted by Gasteiger charge is 2.30. The molecule has 0 spiro atoms. The molecule has 1 aliphatic heterocycles. The minimum absolute atomic E-state index is 0.0583. The average molecular weight is 392 g/mol. The largest absolute Gasteiger partial charge is 0.496 e. The maximum atomic E-state index is 12.7. The number of nitrogens with one attached hydrogen (secondary N) is 1. The third kappa shape index (κ3) is 4.65. The highest BCUT2D eigenvalue weighted by atomic mass is 19.4. The zero-order valence-corrected chi connectivity index (χ0v) is 15.6. The highest BCUT2D eigenvalue weighted by molar-refractivity contribution is 5.94. The van der Waals surface area contributed by atoms with Gasteiger partial charge >= 0.3 is 6.18 Å². The van der Waals surface area contributed by atoms with Gasteiger partial charge in [0.1, 0.15) is 5.75 Å². The summed E-state index contributed by atoms with van der Waals surface area (Å²) in [6.07, 6.45) is -2.23. The van der Waals surface area contributed by atoms with Crippen LogP contribution in [0.5, 0.6) is 5.75 Å². The highest BCUT2D eigenvalue weighted by Crippen LogP contribution is 2.31. The zero-order valence-electron chi connectivity index (χ0n) is 15.6. The van der Waals surface area contributed by atoms with Gasteiger partial charge in [-0.25, -0.2) is 0 Å². The number of methoxy groups -OCH3 is 1. The second kappa shape index (κ2) is 8.65. The third-order valence-corrected chi connectivity index (χ3v) is 5.01. The van der Waals surface area contributed by atoms with E-state index in [1.165, 1.54) is 12.1 Å². The van der Waals surface area contributed by atoms with E-state index in [1.54, 1.807) is 7.11 Å². The number of benzene rings is 2. The first kappa shape index (κ1) is 20.2. The molecule has 1 N–H and O–H groups in total. The van der Waals surface area contributed by atoms with Gasteiger partial charge in [0.2, 0.25) is 0 Å². The lowest BCUT2D eigenvalue weighted by molar-refractivity contribution is -0.137. The van der Waals surface area contributed by atoms with E-state index in [2.05, 4.69) is 10.2 Å². The van der Waals surface area contributed by atoms with Crippen LogP contribution in [0.4, 0.5) is 13.2 Å². The van der Waals surface area contributed by atoms with Gasteiger partial charge in [0.15, 0.2) is 0 Å². The number of nitrogens with zero attached hydrogens (tertiary/aromatic N) is 1. The molecule has 1 atom stereocenters. The van der Waals surface area contributed by atoms with Crippen LogP contribution in [0.2, 0.25) is 0 Å². The van der Waals surface area contributed by atoms with Crippen molar-refractivity contribution in [3.05, 3.63) is 65.2 Å². The molecule has 0 bridgehead atoms. The van der Waals surface area contributed by atoms with Crippen LogP contribution in [-0.2, 0) is 6.18 Å². The monoisotopic (exact) mass is 392 g/mol. The van der Waals surface area contributed by atoms with Gasteiger partial charge in [0.05, 0.1) is 18.7 Å². The minimum atomic E-state index is -4.42. The zero-order chi connectivity index (χ0) is 20.1. The molecule has 2 aromatic carbocycles. The van der Waals surface area contributed by atoms with Crippen LogP contribution in [0.1, 0.15) is 40.4 Å². The molecule has 3 rings (SSSR count). The van der Waals surface area contributed by atoms with Gasteiger partial charge in [-0.05, 0) is 56.3 Å². The lowest BCUT2D eigenvalue weighted by Gasteiger charge is -2.29. The Labute approximate surface area is 162 Å². The number of ether oxygens (including phenoxy) is 1.